The highest BCUT2D eigenvalue weighted by Gasteiger charge is 2.35. The van der Waals surface area contributed by atoms with Gasteiger partial charge in [0.2, 0.25) is 5.91 Å². The van der Waals surface area contributed by atoms with Crippen LogP contribution < -0.4 is 5.32 Å². The summed E-state index contributed by atoms with van der Waals surface area (Å²) in [4.78, 5) is 23.7. The van der Waals surface area contributed by atoms with Gasteiger partial charge >= 0.3 is 0 Å². The van der Waals surface area contributed by atoms with Crippen LogP contribution in [0.1, 0.15) is 42.1 Å². The molecule has 1 aliphatic carbocycles. The van der Waals surface area contributed by atoms with Crippen LogP contribution in [-0.4, -0.2) is 52.6 Å². The highest BCUT2D eigenvalue weighted by molar-refractivity contribution is 6.32. The number of nitrogens with zero attached hydrogens (tertiary/aromatic N) is 3. The topological polar surface area (TPSA) is 78.3 Å². The molecule has 0 saturated heterocycles. The van der Waals surface area contributed by atoms with Crippen molar-refractivity contribution in [1.82, 2.24) is 20.2 Å². The number of nitrogens with one attached hydrogen (secondary N) is 1. The normalized spacial score (nSPS) is 15.9. The third-order valence-corrected chi connectivity index (χ3v) is 5.78. The molecule has 1 aromatic carbocycles. The second-order valence-corrected chi connectivity index (χ2v) is 8.59. The molecule has 1 amide bonds. The minimum atomic E-state index is 0.0293. The minimum absolute atomic E-state index is 0.0293. The van der Waals surface area contributed by atoms with Crippen molar-refractivity contribution in [2.24, 2.45) is 5.92 Å². The molecule has 1 saturated carbocycles. The number of rotatable bonds is 9. The lowest BCUT2D eigenvalue weighted by Crippen LogP contribution is -2.42. The minimum Gasteiger partial charge on any atom is -0.506 e. The summed E-state index contributed by atoms with van der Waals surface area (Å²) in [5.74, 6) is 1.48. The number of phenols is 1. The van der Waals surface area contributed by atoms with E-state index in [1.807, 2.05) is 39.5 Å². The number of aromatic nitrogens is 2. The summed E-state index contributed by atoms with van der Waals surface area (Å²) in [5, 5.41) is 13.0. The van der Waals surface area contributed by atoms with Crippen LogP contribution in [0.4, 0.5) is 0 Å². The van der Waals surface area contributed by atoms with Crippen molar-refractivity contribution in [3.63, 3.8) is 0 Å². The highest BCUT2D eigenvalue weighted by Crippen LogP contribution is 2.43. The molecule has 6 nitrogen and oxygen atoms in total. The molecule has 3 rings (SSSR count). The molecule has 1 heterocycles. The van der Waals surface area contributed by atoms with Crippen molar-refractivity contribution in [1.29, 1.82) is 0 Å². The number of phenolic OH excluding ortho intramolecular Hbond substituents is 1. The number of halogens is 1. The van der Waals surface area contributed by atoms with Gasteiger partial charge in [0.05, 0.1) is 5.02 Å². The molecule has 29 heavy (non-hydrogen) atoms. The molecule has 2 N–H and O–H groups in total. The van der Waals surface area contributed by atoms with Gasteiger partial charge in [0.25, 0.3) is 0 Å². The van der Waals surface area contributed by atoms with E-state index in [4.69, 9.17) is 11.6 Å². The van der Waals surface area contributed by atoms with Gasteiger partial charge in [0.1, 0.15) is 11.6 Å². The fourth-order valence-electron chi connectivity index (χ4n) is 3.45. The first-order valence-electron chi connectivity index (χ1n) is 10.0. The van der Waals surface area contributed by atoms with Gasteiger partial charge in [0, 0.05) is 37.3 Å². The zero-order chi connectivity index (χ0) is 21.0. The molecule has 1 aromatic heterocycles. The quantitative estimate of drug-likeness (QED) is 0.655. The number of amides is 1. The Morgan fingerprint density at radius 2 is 2.00 bits per heavy atom. The van der Waals surface area contributed by atoms with Crippen LogP contribution in [0.25, 0.3) is 0 Å². The largest absolute Gasteiger partial charge is 0.506 e. The monoisotopic (exact) mass is 416 g/mol. The fraction of sp³-hybridized carbons (Fsp3) is 0.500. The lowest BCUT2D eigenvalue weighted by molar-refractivity contribution is -0.121. The van der Waals surface area contributed by atoms with Crippen LogP contribution in [0.15, 0.2) is 30.6 Å². The summed E-state index contributed by atoms with van der Waals surface area (Å²) in [7, 11) is 3.98. The molecule has 7 heteroatoms. The number of hydrogen-bond donors (Lipinski definition) is 2. The number of likely N-dealkylation sites (N-methyl/N-ethyl adjacent to an activating group) is 1. The maximum Gasteiger partial charge on any atom is 0.220 e. The van der Waals surface area contributed by atoms with E-state index in [9.17, 15) is 9.90 Å². The zero-order valence-corrected chi connectivity index (χ0v) is 18.0. The average molecular weight is 417 g/mol. The maximum atomic E-state index is 12.7. The van der Waals surface area contributed by atoms with E-state index < -0.39 is 0 Å². The third-order valence-electron chi connectivity index (χ3n) is 5.48. The number of carbonyl (C=O) groups is 1. The molecule has 2 atom stereocenters. The summed E-state index contributed by atoms with van der Waals surface area (Å²) < 4.78 is 0. The molecule has 0 bridgehead atoms. The summed E-state index contributed by atoms with van der Waals surface area (Å²) >= 11 is 6.02. The Labute approximate surface area is 177 Å². The molecule has 1 fully saturated rings. The summed E-state index contributed by atoms with van der Waals surface area (Å²) in [6.45, 7) is 2.50. The Morgan fingerprint density at radius 3 is 2.59 bits per heavy atom. The van der Waals surface area contributed by atoms with Crippen molar-refractivity contribution in [2.75, 3.05) is 20.6 Å². The molecule has 0 spiro atoms. The summed E-state index contributed by atoms with van der Waals surface area (Å²) in [5.41, 5.74) is 2.04. The van der Waals surface area contributed by atoms with Gasteiger partial charge in [-0.05, 0) is 69.5 Å². The van der Waals surface area contributed by atoms with Gasteiger partial charge in [-0.25, -0.2) is 9.97 Å². The number of aromatic hydroxyl groups is 1. The molecule has 1 unspecified atom stereocenters. The zero-order valence-electron chi connectivity index (χ0n) is 17.2. The van der Waals surface area contributed by atoms with Crippen molar-refractivity contribution < 1.29 is 9.90 Å². The lowest BCUT2D eigenvalue weighted by atomic mass is 9.97. The first kappa shape index (κ1) is 21.5. The smallest absolute Gasteiger partial charge is 0.220 e. The van der Waals surface area contributed by atoms with Crippen LogP contribution in [0.5, 0.6) is 5.75 Å². The lowest BCUT2D eigenvalue weighted by Gasteiger charge is -2.25. The van der Waals surface area contributed by atoms with Crippen LogP contribution in [-0.2, 0) is 11.2 Å². The van der Waals surface area contributed by atoms with Crippen LogP contribution in [0.2, 0.25) is 5.02 Å². The predicted octanol–water partition coefficient (Wildman–Crippen LogP) is 3.32. The SMILES string of the molecule is Cc1cnc(C(CC(=O)NC[C@H](Cc2ccc(O)c(Cl)c2)N(C)C)C2CC2)nc1. The Balaban J connectivity index is 1.57. The Morgan fingerprint density at radius 1 is 1.31 bits per heavy atom. The van der Waals surface area contributed by atoms with Gasteiger partial charge in [0.15, 0.2) is 0 Å². The van der Waals surface area contributed by atoms with E-state index in [-0.39, 0.29) is 23.6 Å². The van der Waals surface area contributed by atoms with Crippen LogP contribution >= 0.6 is 11.6 Å². The van der Waals surface area contributed by atoms with E-state index in [0.29, 0.717) is 23.9 Å². The highest BCUT2D eigenvalue weighted by atomic mass is 35.5. The number of aryl methyl sites for hydroxylation is 1. The number of carbonyl (C=O) groups excluding carboxylic acids is 1. The molecular weight excluding hydrogens is 388 g/mol. The van der Waals surface area contributed by atoms with E-state index in [2.05, 4.69) is 20.2 Å². The van der Waals surface area contributed by atoms with Crippen molar-refractivity contribution in [3.05, 3.63) is 52.6 Å². The van der Waals surface area contributed by atoms with Gasteiger partial charge in [-0.15, -0.1) is 0 Å². The van der Waals surface area contributed by atoms with Gasteiger partial charge < -0.3 is 15.3 Å². The Hall–Kier alpha value is -2.18. The first-order chi connectivity index (χ1) is 13.8. The van der Waals surface area contributed by atoms with Gasteiger partial charge in [-0.1, -0.05) is 17.7 Å². The van der Waals surface area contributed by atoms with Gasteiger partial charge in [-0.3, -0.25) is 4.79 Å². The standard InChI is InChI=1S/C22H29ClN4O2/c1-14-11-25-22(26-12-14)18(16-5-6-16)10-21(29)24-13-17(27(2)3)8-15-4-7-20(28)19(23)9-15/h4,7,9,11-12,16-18,28H,5-6,8,10,13H2,1-3H3,(H,24,29)/t17-,18?/m0/s1. The predicted molar refractivity (Wildman–Crippen MR) is 114 cm³/mol. The van der Waals surface area contributed by atoms with Crippen molar-refractivity contribution in [3.8, 4) is 5.75 Å². The fourth-order valence-corrected chi connectivity index (χ4v) is 3.65. The maximum absolute atomic E-state index is 12.7. The third kappa shape index (κ3) is 6.15. The van der Waals surface area contributed by atoms with Gasteiger partial charge in [-0.2, -0.15) is 0 Å². The van der Waals surface area contributed by atoms with E-state index in [1.54, 1.807) is 12.1 Å². The summed E-state index contributed by atoms with van der Waals surface area (Å²) in [6.07, 6.45) is 7.05. The molecular formula is C22H29ClN4O2. The second kappa shape index (κ2) is 9.55. The van der Waals surface area contributed by atoms with Crippen molar-refractivity contribution >= 4 is 17.5 Å². The van der Waals surface area contributed by atoms with Crippen LogP contribution in [0, 0.1) is 12.8 Å². The van der Waals surface area contributed by atoms with Crippen LogP contribution in [0.3, 0.4) is 0 Å². The molecule has 2 aromatic rings. The van der Waals surface area contributed by atoms with E-state index in [0.717, 1.165) is 36.2 Å². The molecule has 0 aliphatic heterocycles. The Kier molecular flexibility index (Phi) is 7.09. The molecule has 1 aliphatic rings. The van der Waals surface area contributed by atoms with E-state index >= 15 is 0 Å². The second-order valence-electron chi connectivity index (χ2n) is 8.18. The Bertz CT molecular complexity index is 837. The molecule has 0 radical (unpaired) electrons. The summed E-state index contributed by atoms with van der Waals surface area (Å²) in [6, 6.07) is 5.35. The molecule has 156 valence electrons. The number of hydrogen-bond acceptors (Lipinski definition) is 5. The number of benzene rings is 1. The van der Waals surface area contributed by atoms with E-state index in [1.165, 1.54) is 0 Å². The average Bonchev–Trinajstić information content (AvgIpc) is 3.51. The first-order valence-corrected chi connectivity index (χ1v) is 10.4. The van der Waals surface area contributed by atoms with Crippen molar-refractivity contribution in [2.45, 2.75) is 44.6 Å².